The number of nitro benzene ring substituents is 1. The largest absolute Gasteiger partial charge is 0.384 e. The monoisotopic (exact) mass is 475 g/mol. The minimum Gasteiger partial charge on any atom is -0.384 e. The van der Waals surface area contributed by atoms with Crippen LogP contribution in [0.3, 0.4) is 0 Å². The third-order valence-electron chi connectivity index (χ3n) is 4.08. The molecule has 0 spiro atoms. The van der Waals surface area contributed by atoms with Crippen LogP contribution >= 0.6 is 27.3 Å². The van der Waals surface area contributed by atoms with E-state index in [1.165, 1.54) is 16.4 Å². The minimum atomic E-state index is -3.86. The molecule has 27 heavy (non-hydrogen) atoms. The van der Waals surface area contributed by atoms with E-state index >= 15 is 0 Å². The molecule has 3 rings (SSSR count). The van der Waals surface area contributed by atoms with Crippen molar-refractivity contribution in [1.29, 1.82) is 0 Å². The molecule has 0 radical (unpaired) electrons. The number of morpholine rings is 1. The summed E-state index contributed by atoms with van der Waals surface area (Å²) < 4.78 is 33.6. The van der Waals surface area contributed by atoms with Crippen LogP contribution in [0.15, 0.2) is 39.0 Å². The lowest BCUT2D eigenvalue weighted by atomic mass is 10.2. The van der Waals surface area contributed by atoms with Gasteiger partial charge in [-0.1, -0.05) is 0 Å². The van der Waals surface area contributed by atoms with E-state index in [1.807, 2.05) is 12.1 Å². The molecule has 0 bridgehead atoms. The fraction of sp³-hybridized carbons (Fsp3) is 0.375. The average Bonchev–Trinajstić information content (AvgIpc) is 3.07. The topological polar surface area (TPSA) is 102 Å². The van der Waals surface area contributed by atoms with Crippen LogP contribution in [0.2, 0.25) is 0 Å². The van der Waals surface area contributed by atoms with Crippen molar-refractivity contribution < 1.29 is 18.1 Å². The van der Waals surface area contributed by atoms with Crippen LogP contribution in [0.4, 0.5) is 11.4 Å². The molecule has 1 fully saturated rings. The number of nitro groups is 1. The second kappa shape index (κ2) is 8.65. The highest BCUT2D eigenvalue weighted by Crippen LogP contribution is 2.30. The van der Waals surface area contributed by atoms with Crippen LogP contribution in [0, 0.1) is 10.1 Å². The number of ether oxygens (including phenoxy) is 1. The molecular weight excluding hydrogens is 458 g/mol. The van der Waals surface area contributed by atoms with E-state index in [0.29, 0.717) is 31.9 Å². The van der Waals surface area contributed by atoms with Crippen LogP contribution in [-0.4, -0.2) is 50.5 Å². The van der Waals surface area contributed by atoms with Crippen molar-refractivity contribution in [1.82, 2.24) is 4.31 Å². The standard InChI is InChI=1S/C16H18BrN3O5S2/c17-16-4-2-13(26-16)5-6-18-14-3-1-12(20(21)22)11-15(14)27(23,24)19-7-9-25-10-8-19/h1-4,11,18H,5-10H2. The van der Waals surface area contributed by atoms with Gasteiger partial charge >= 0.3 is 0 Å². The van der Waals surface area contributed by atoms with Crippen molar-refractivity contribution in [2.24, 2.45) is 0 Å². The molecule has 0 aliphatic carbocycles. The lowest BCUT2D eigenvalue weighted by Crippen LogP contribution is -2.40. The van der Waals surface area contributed by atoms with Crippen molar-refractivity contribution in [2.45, 2.75) is 11.3 Å². The number of non-ortho nitro benzene ring substituents is 1. The smallest absolute Gasteiger partial charge is 0.270 e. The Morgan fingerprint density at radius 1 is 1.26 bits per heavy atom. The van der Waals surface area contributed by atoms with Crippen molar-refractivity contribution in [3.63, 3.8) is 0 Å². The van der Waals surface area contributed by atoms with Gasteiger partial charge in [0, 0.05) is 36.6 Å². The fourth-order valence-corrected chi connectivity index (χ4v) is 5.79. The molecule has 1 aromatic heterocycles. The summed E-state index contributed by atoms with van der Waals surface area (Å²) in [6.07, 6.45) is 0.713. The van der Waals surface area contributed by atoms with Gasteiger partial charge in [-0.15, -0.1) is 11.3 Å². The molecule has 1 aromatic carbocycles. The van der Waals surface area contributed by atoms with Crippen LogP contribution in [0.1, 0.15) is 4.88 Å². The lowest BCUT2D eigenvalue weighted by molar-refractivity contribution is -0.385. The Morgan fingerprint density at radius 2 is 2.00 bits per heavy atom. The number of anilines is 1. The second-order valence-corrected chi connectivity index (χ2v) is 10.3. The maximum absolute atomic E-state index is 13.0. The van der Waals surface area contributed by atoms with Gasteiger partial charge in [-0.3, -0.25) is 10.1 Å². The van der Waals surface area contributed by atoms with E-state index in [-0.39, 0.29) is 23.7 Å². The number of rotatable bonds is 7. The zero-order chi connectivity index (χ0) is 19.4. The molecule has 0 atom stereocenters. The number of hydrogen-bond acceptors (Lipinski definition) is 7. The maximum Gasteiger partial charge on any atom is 0.270 e. The molecule has 0 amide bonds. The summed E-state index contributed by atoms with van der Waals surface area (Å²) in [6.45, 7) is 1.59. The molecule has 0 saturated carbocycles. The van der Waals surface area contributed by atoms with Crippen LogP contribution in [0.25, 0.3) is 0 Å². The molecule has 11 heteroatoms. The Morgan fingerprint density at radius 3 is 2.63 bits per heavy atom. The summed E-state index contributed by atoms with van der Waals surface area (Å²) in [5.74, 6) is 0. The van der Waals surface area contributed by atoms with Gasteiger partial charge in [-0.25, -0.2) is 8.42 Å². The first-order valence-corrected chi connectivity index (χ1v) is 11.3. The quantitative estimate of drug-likeness (QED) is 0.487. The number of halogens is 1. The van der Waals surface area contributed by atoms with Crippen molar-refractivity contribution >= 4 is 48.7 Å². The number of nitrogens with one attached hydrogen (secondary N) is 1. The zero-order valence-corrected chi connectivity index (χ0v) is 17.5. The molecule has 2 heterocycles. The summed E-state index contributed by atoms with van der Waals surface area (Å²) in [5.41, 5.74) is 0.109. The van der Waals surface area contributed by atoms with Crippen molar-refractivity contribution in [3.8, 4) is 0 Å². The van der Waals surface area contributed by atoms with Crippen LogP contribution in [-0.2, 0) is 21.2 Å². The Labute approximate surface area is 169 Å². The van der Waals surface area contributed by atoms with Gasteiger partial charge in [-0.05, 0) is 40.5 Å². The summed E-state index contributed by atoms with van der Waals surface area (Å²) in [4.78, 5) is 11.6. The molecule has 2 aromatic rings. The van der Waals surface area contributed by atoms with Crippen molar-refractivity contribution in [3.05, 3.63) is 49.1 Å². The van der Waals surface area contributed by atoms with Gasteiger partial charge in [0.25, 0.3) is 5.69 Å². The molecule has 1 N–H and O–H groups in total. The third kappa shape index (κ3) is 4.85. The van der Waals surface area contributed by atoms with Crippen LogP contribution < -0.4 is 5.32 Å². The minimum absolute atomic E-state index is 0.0778. The van der Waals surface area contributed by atoms with Gasteiger partial charge in [0.05, 0.1) is 27.6 Å². The van der Waals surface area contributed by atoms with E-state index in [2.05, 4.69) is 21.2 Å². The number of sulfonamides is 1. The first kappa shape index (κ1) is 20.2. The first-order valence-electron chi connectivity index (χ1n) is 8.22. The Balaban J connectivity index is 1.85. The predicted molar refractivity (Wildman–Crippen MR) is 107 cm³/mol. The Kier molecular flexibility index (Phi) is 6.48. The SMILES string of the molecule is O=[N+]([O-])c1ccc(NCCc2ccc(Br)s2)c(S(=O)(=O)N2CCOCC2)c1. The van der Waals surface area contributed by atoms with Crippen molar-refractivity contribution in [2.75, 3.05) is 38.2 Å². The molecule has 1 saturated heterocycles. The number of thiophene rings is 1. The third-order valence-corrected chi connectivity index (χ3v) is 7.70. The zero-order valence-electron chi connectivity index (χ0n) is 14.3. The molecule has 1 aliphatic rings. The van der Waals surface area contributed by atoms with Gasteiger partial charge in [0.15, 0.2) is 0 Å². The van der Waals surface area contributed by atoms with Gasteiger partial charge in [0.1, 0.15) is 4.90 Å². The van der Waals surface area contributed by atoms with E-state index < -0.39 is 14.9 Å². The van der Waals surface area contributed by atoms with E-state index in [4.69, 9.17) is 4.74 Å². The highest BCUT2D eigenvalue weighted by atomic mass is 79.9. The Hall–Kier alpha value is -1.53. The highest BCUT2D eigenvalue weighted by molar-refractivity contribution is 9.11. The van der Waals surface area contributed by atoms with Gasteiger partial charge in [-0.2, -0.15) is 4.31 Å². The van der Waals surface area contributed by atoms with Gasteiger partial charge in [0.2, 0.25) is 10.0 Å². The van der Waals surface area contributed by atoms with Crippen LogP contribution in [0.5, 0.6) is 0 Å². The number of hydrogen-bond donors (Lipinski definition) is 1. The fourth-order valence-electron chi connectivity index (χ4n) is 2.72. The molecular formula is C16H18BrN3O5S2. The van der Waals surface area contributed by atoms with E-state index in [1.54, 1.807) is 11.3 Å². The molecule has 146 valence electrons. The highest BCUT2D eigenvalue weighted by Gasteiger charge is 2.30. The molecule has 1 aliphatic heterocycles. The normalized spacial score (nSPS) is 15.6. The Bertz CT molecular complexity index is 926. The van der Waals surface area contributed by atoms with Gasteiger partial charge < -0.3 is 10.1 Å². The lowest BCUT2D eigenvalue weighted by Gasteiger charge is -2.27. The summed E-state index contributed by atoms with van der Waals surface area (Å²) >= 11 is 5.02. The number of benzene rings is 1. The summed E-state index contributed by atoms with van der Waals surface area (Å²) in [5, 5.41) is 14.2. The summed E-state index contributed by atoms with van der Waals surface area (Å²) in [7, 11) is -3.86. The van der Waals surface area contributed by atoms with E-state index in [0.717, 1.165) is 14.7 Å². The molecule has 8 nitrogen and oxygen atoms in total. The predicted octanol–water partition coefficient (Wildman–Crippen LogP) is 3.09. The first-order chi connectivity index (χ1) is 12.9. The molecule has 0 unspecified atom stereocenters. The van der Waals surface area contributed by atoms with E-state index in [9.17, 15) is 18.5 Å². The summed E-state index contributed by atoms with van der Waals surface area (Å²) in [6, 6.07) is 7.84. The second-order valence-electron chi connectivity index (χ2n) is 5.84. The maximum atomic E-state index is 13.0. The number of nitrogens with zero attached hydrogens (tertiary/aromatic N) is 2. The average molecular weight is 476 g/mol.